The predicted octanol–water partition coefficient (Wildman–Crippen LogP) is 3.98. The first-order valence-corrected chi connectivity index (χ1v) is 11.9. The van der Waals surface area contributed by atoms with Crippen molar-refractivity contribution in [2.75, 3.05) is 26.3 Å². The molecular formula is C24H31NO5S. The van der Waals surface area contributed by atoms with Crippen molar-refractivity contribution in [3.63, 3.8) is 0 Å². The van der Waals surface area contributed by atoms with Gasteiger partial charge in [-0.1, -0.05) is 39.0 Å². The Hall–Kier alpha value is -2.22. The lowest BCUT2D eigenvalue weighted by atomic mass is 9.84. The van der Waals surface area contributed by atoms with E-state index in [9.17, 15) is 13.2 Å². The predicted molar refractivity (Wildman–Crippen MR) is 120 cm³/mol. The van der Waals surface area contributed by atoms with Gasteiger partial charge in [0, 0.05) is 13.1 Å². The summed E-state index contributed by atoms with van der Waals surface area (Å²) in [4.78, 5) is 12.8. The third-order valence-electron chi connectivity index (χ3n) is 5.59. The van der Waals surface area contributed by atoms with Crippen molar-refractivity contribution < 1.29 is 22.7 Å². The Morgan fingerprint density at radius 1 is 1.06 bits per heavy atom. The van der Waals surface area contributed by atoms with Crippen LogP contribution in [0.3, 0.4) is 0 Å². The van der Waals surface area contributed by atoms with Crippen LogP contribution in [0.4, 0.5) is 0 Å². The van der Waals surface area contributed by atoms with Crippen molar-refractivity contribution >= 4 is 16.0 Å². The number of morpholine rings is 1. The Bertz CT molecular complexity index is 1040. The molecule has 0 radical (unpaired) electrons. The summed E-state index contributed by atoms with van der Waals surface area (Å²) in [6.07, 6.45) is 0. The summed E-state index contributed by atoms with van der Waals surface area (Å²) in [5.74, 6) is -0.544. The minimum atomic E-state index is -3.67. The number of rotatable bonds is 5. The number of nitrogens with zero attached hydrogens (tertiary/aromatic N) is 1. The molecule has 1 heterocycles. The maximum Gasteiger partial charge on any atom is 0.338 e. The van der Waals surface area contributed by atoms with Crippen molar-refractivity contribution in [1.82, 2.24) is 4.31 Å². The Morgan fingerprint density at radius 3 is 2.26 bits per heavy atom. The molecule has 7 heteroatoms. The lowest BCUT2D eigenvalue weighted by molar-refractivity contribution is 0.0471. The van der Waals surface area contributed by atoms with Crippen LogP contribution in [0.2, 0.25) is 0 Å². The highest BCUT2D eigenvalue weighted by Gasteiger charge is 2.27. The monoisotopic (exact) mass is 445 g/mol. The van der Waals surface area contributed by atoms with Crippen LogP contribution < -0.4 is 0 Å². The van der Waals surface area contributed by atoms with Gasteiger partial charge in [-0.3, -0.25) is 0 Å². The highest BCUT2D eigenvalue weighted by molar-refractivity contribution is 7.89. The molecule has 168 valence electrons. The summed E-state index contributed by atoms with van der Waals surface area (Å²) in [5, 5.41) is 0. The maximum absolute atomic E-state index is 12.9. The van der Waals surface area contributed by atoms with Crippen LogP contribution in [0.15, 0.2) is 41.3 Å². The van der Waals surface area contributed by atoms with Crippen LogP contribution >= 0.6 is 0 Å². The molecule has 2 aromatic rings. The molecular weight excluding hydrogens is 414 g/mol. The van der Waals surface area contributed by atoms with Crippen molar-refractivity contribution in [1.29, 1.82) is 0 Å². The number of carbonyl (C=O) groups is 1. The van der Waals surface area contributed by atoms with Gasteiger partial charge in [-0.15, -0.1) is 0 Å². The lowest BCUT2D eigenvalue weighted by Crippen LogP contribution is -2.40. The van der Waals surface area contributed by atoms with Crippen molar-refractivity contribution in [3.8, 4) is 0 Å². The molecule has 0 aliphatic carbocycles. The SMILES string of the molecule is Cc1cc(C(C)(C)C)cc(C)c1COC(=O)c1cccc(S(=O)(=O)N2CCOCC2)c1. The summed E-state index contributed by atoms with van der Waals surface area (Å²) in [7, 11) is -3.67. The third-order valence-corrected chi connectivity index (χ3v) is 7.48. The number of ether oxygens (including phenoxy) is 2. The first kappa shape index (κ1) is 23.4. The molecule has 6 nitrogen and oxygen atoms in total. The molecule has 0 unspecified atom stereocenters. The molecule has 31 heavy (non-hydrogen) atoms. The summed E-state index contributed by atoms with van der Waals surface area (Å²) >= 11 is 0. The third kappa shape index (κ3) is 5.34. The van der Waals surface area contributed by atoms with Gasteiger partial charge in [0.15, 0.2) is 0 Å². The van der Waals surface area contributed by atoms with Crippen LogP contribution in [0.25, 0.3) is 0 Å². The minimum Gasteiger partial charge on any atom is -0.457 e. The zero-order valence-corrected chi connectivity index (χ0v) is 19.7. The molecule has 0 amide bonds. The number of hydrogen-bond acceptors (Lipinski definition) is 5. The molecule has 2 aromatic carbocycles. The van der Waals surface area contributed by atoms with E-state index in [0.717, 1.165) is 16.7 Å². The summed E-state index contributed by atoms with van der Waals surface area (Å²) in [5.41, 5.74) is 4.60. The maximum atomic E-state index is 12.9. The molecule has 1 fully saturated rings. The average Bonchev–Trinajstić information content (AvgIpc) is 2.73. The van der Waals surface area contributed by atoms with Gasteiger partial charge in [-0.05, 0) is 59.7 Å². The highest BCUT2D eigenvalue weighted by atomic mass is 32.2. The topological polar surface area (TPSA) is 72.9 Å². The van der Waals surface area contributed by atoms with E-state index in [1.165, 1.54) is 22.0 Å². The quantitative estimate of drug-likeness (QED) is 0.651. The average molecular weight is 446 g/mol. The smallest absolute Gasteiger partial charge is 0.338 e. The fourth-order valence-corrected chi connectivity index (χ4v) is 5.05. The van der Waals surface area contributed by atoms with E-state index in [1.807, 2.05) is 13.8 Å². The molecule has 0 spiro atoms. The summed E-state index contributed by atoms with van der Waals surface area (Å²) in [6.45, 7) is 12.0. The van der Waals surface area contributed by atoms with Crippen LogP contribution in [-0.4, -0.2) is 45.0 Å². The van der Waals surface area contributed by atoms with E-state index >= 15 is 0 Å². The van der Waals surface area contributed by atoms with E-state index in [1.54, 1.807) is 12.1 Å². The van der Waals surface area contributed by atoms with E-state index in [0.29, 0.717) is 26.3 Å². The molecule has 0 saturated carbocycles. The van der Waals surface area contributed by atoms with Gasteiger partial charge in [0.2, 0.25) is 10.0 Å². The van der Waals surface area contributed by atoms with Crippen LogP contribution in [-0.2, 0) is 31.5 Å². The second kappa shape index (κ2) is 9.10. The summed E-state index contributed by atoms with van der Waals surface area (Å²) < 4.78 is 37.9. The number of hydrogen-bond donors (Lipinski definition) is 0. The molecule has 1 aliphatic heterocycles. The molecule has 0 N–H and O–H groups in total. The van der Waals surface area contributed by atoms with Crippen molar-refractivity contribution in [2.45, 2.75) is 51.5 Å². The van der Waals surface area contributed by atoms with Gasteiger partial charge in [0.1, 0.15) is 6.61 Å². The Kier molecular flexibility index (Phi) is 6.88. The van der Waals surface area contributed by atoms with Gasteiger partial charge in [-0.25, -0.2) is 13.2 Å². The lowest BCUT2D eigenvalue weighted by Gasteiger charge is -2.26. The number of aryl methyl sites for hydroxylation is 2. The second-order valence-electron chi connectivity index (χ2n) is 8.96. The Labute approximate surface area is 185 Å². The largest absolute Gasteiger partial charge is 0.457 e. The number of esters is 1. The second-order valence-corrected chi connectivity index (χ2v) is 10.9. The van der Waals surface area contributed by atoms with Crippen molar-refractivity contribution in [3.05, 3.63) is 64.2 Å². The van der Waals surface area contributed by atoms with E-state index in [4.69, 9.17) is 9.47 Å². The van der Waals surface area contributed by atoms with E-state index in [-0.39, 0.29) is 22.5 Å². The number of carbonyl (C=O) groups excluding carboxylic acids is 1. The number of sulfonamides is 1. The molecule has 0 aromatic heterocycles. The molecule has 0 bridgehead atoms. The van der Waals surface area contributed by atoms with Gasteiger partial charge in [0.25, 0.3) is 0 Å². The molecule has 0 atom stereocenters. The molecule has 1 aliphatic rings. The number of benzene rings is 2. The van der Waals surface area contributed by atoms with Gasteiger partial charge >= 0.3 is 5.97 Å². The fraction of sp³-hybridized carbons (Fsp3) is 0.458. The van der Waals surface area contributed by atoms with E-state index in [2.05, 4.69) is 32.9 Å². The minimum absolute atomic E-state index is 0.0388. The standard InChI is InChI=1S/C24H31NO5S/c1-17-13-20(24(3,4)5)14-18(2)22(17)16-30-23(26)19-7-6-8-21(15-19)31(27,28)25-9-11-29-12-10-25/h6-8,13-15H,9-12,16H2,1-5H3. The first-order chi connectivity index (χ1) is 14.5. The molecule has 3 rings (SSSR count). The van der Waals surface area contributed by atoms with Gasteiger partial charge in [0.05, 0.1) is 23.7 Å². The zero-order chi connectivity index (χ0) is 22.8. The van der Waals surface area contributed by atoms with Crippen LogP contribution in [0, 0.1) is 13.8 Å². The summed E-state index contributed by atoms with van der Waals surface area (Å²) in [6, 6.07) is 10.3. The van der Waals surface area contributed by atoms with Gasteiger partial charge < -0.3 is 9.47 Å². The highest BCUT2D eigenvalue weighted by Crippen LogP contribution is 2.27. The van der Waals surface area contributed by atoms with Gasteiger partial charge in [-0.2, -0.15) is 4.31 Å². The Balaban J connectivity index is 1.76. The first-order valence-electron chi connectivity index (χ1n) is 10.5. The fourth-order valence-electron chi connectivity index (χ4n) is 3.59. The normalized spacial score (nSPS) is 15.6. The zero-order valence-electron chi connectivity index (χ0n) is 18.9. The Morgan fingerprint density at radius 2 is 1.68 bits per heavy atom. The van der Waals surface area contributed by atoms with Crippen LogP contribution in [0.5, 0.6) is 0 Å². The van der Waals surface area contributed by atoms with Crippen LogP contribution in [0.1, 0.15) is 53.4 Å². The van der Waals surface area contributed by atoms with E-state index < -0.39 is 16.0 Å². The molecule has 1 saturated heterocycles. The van der Waals surface area contributed by atoms with Crippen molar-refractivity contribution in [2.24, 2.45) is 0 Å².